The van der Waals surface area contributed by atoms with Crippen molar-refractivity contribution in [3.8, 4) is 145 Å². The van der Waals surface area contributed by atoms with E-state index >= 15 is 0 Å². The van der Waals surface area contributed by atoms with E-state index in [4.69, 9.17) is 14.1 Å². The summed E-state index contributed by atoms with van der Waals surface area (Å²) in [6.07, 6.45) is 3.65. The van der Waals surface area contributed by atoms with Crippen LogP contribution in [0.15, 0.2) is 310 Å². The Balaban J connectivity index is 0.00000729. The first kappa shape index (κ1) is 51.2. The summed E-state index contributed by atoms with van der Waals surface area (Å²) < 4.78 is 26.0. The van der Waals surface area contributed by atoms with Gasteiger partial charge in [-0.15, -0.1) is 70.8 Å². The van der Waals surface area contributed by atoms with Gasteiger partial charge in [0.15, 0.2) is 0 Å². The Morgan fingerprint density at radius 1 is 0.244 bits per heavy atom. The van der Waals surface area contributed by atoms with Crippen molar-refractivity contribution in [3.63, 3.8) is 0 Å². The van der Waals surface area contributed by atoms with E-state index in [1.807, 2.05) is 91.3 Å². The molecule has 409 valence electrons. The van der Waals surface area contributed by atoms with E-state index in [0.717, 1.165) is 134 Å². The predicted octanol–water partition coefficient (Wildman–Crippen LogP) is 21.7. The molecule has 0 unspecified atom stereocenters. The van der Waals surface area contributed by atoms with Crippen molar-refractivity contribution < 1.29 is 24.2 Å². The molecule has 0 aliphatic rings. The number of benzene rings is 12. The van der Waals surface area contributed by atoms with E-state index in [0.29, 0.717) is 11.1 Å². The van der Waals surface area contributed by atoms with Gasteiger partial charge in [0, 0.05) is 36.6 Å². The summed E-state index contributed by atoms with van der Waals surface area (Å²) in [5, 5.41) is 0. The molecular weight excluding hydrogens is 1220 g/mol. The summed E-state index contributed by atoms with van der Waals surface area (Å²) in [6.45, 7) is -2.37. The van der Waals surface area contributed by atoms with Crippen LogP contribution >= 0.6 is 0 Å². The molecular formula is C83H54IrN2-4. The topological polar surface area (TPSA) is 25.8 Å². The van der Waals surface area contributed by atoms with E-state index in [2.05, 4.69) is 237 Å². The monoisotopic (exact) mass is 1270 g/mol. The van der Waals surface area contributed by atoms with Crippen LogP contribution in [-0.4, -0.2) is 9.97 Å². The Hall–Kier alpha value is -10.4. The molecule has 0 spiro atoms. The number of hydrogen-bond acceptors (Lipinski definition) is 2. The maximum Gasteiger partial charge on any atom is 0.0263 e. The van der Waals surface area contributed by atoms with E-state index in [9.17, 15) is 0 Å². The first-order valence-electron chi connectivity index (χ1n) is 30.0. The van der Waals surface area contributed by atoms with Gasteiger partial charge >= 0.3 is 0 Å². The molecule has 0 saturated heterocycles. The molecule has 0 bridgehead atoms. The SMILES string of the molecule is [2H]C([2H])([2H])c1cc(-c2[c-]cc(-c3ccccc3-c3cc(-c4ccccc4-c4c[c-]c(-c5ccccn5)cc4-c4ccccc4)cc(-c4ccccc4-c4c[c-]c(-c5ccccn5)cc4-c4ccccc4)c3)c(-c3ccccc3)c2)[c-]cc1-c1ccccc1.[Ir]. The molecule has 0 saturated carbocycles. The third kappa shape index (κ3) is 11.1. The summed E-state index contributed by atoms with van der Waals surface area (Å²) in [5.74, 6) is 0. The van der Waals surface area contributed by atoms with Crippen LogP contribution in [0.5, 0.6) is 0 Å². The van der Waals surface area contributed by atoms with Gasteiger partial charge in [-0.3, -0.25) is 0 Å². The maximum absolute atomic E-state index is 8.67. The van der Waals surface area contributed by atoms with Crippen molar-refractivity contribution in [2.45, 2.75) is 6.85 Å². The van der Waals surface area contributed by atoms with Crippen LogP contribution in [0.3, 0.4) is 0 Å². The predicted molar refractivity (Wildman–Crippen MR) is 353 cm³/mol. The Morgan fingerprint density at radius 2 is 0.535 bits per heavy atom. The Kier molecular flexibility index (Phi) is 14.8. The summed E-state index contributed by atoms with van der Waals surface area (Å²) in [7, 11) is 0. The normalized spacial score (nSPS) is 11.7. The largest absolute Gasteiger partial charge is 0.305 e. The fourth-order valence-corrected chi connectivity index (χ4v) is 11.7. The van der Waals surface area contributed by atoms with Gasteiger partial charge in [-0.2, -0.15) is 24.3 Å². The van der Waals surface area contributed by atoms with E-state index in [1.165, 1.54) is 0 Å². The number of pyridine rings is 2. The molecule has 0 fully saturated rings. The first-order valence-corrected chi connectivity index (χ1v) is 28.5. The summed E-state index contributed by atoms with van der Waals surface area (Å²) in [4.78, 5) is 9.47. The van der Waals surface area contributed by atoms with Crippen LogP contribution in [-0.2, 0) is 20.1 Å². The van der Waals surface area contributed by atoms with Gasteiger partial charge in [-0.1, -0.05) is 281 Å². The molecule has 14 aromatic rings. The van der Waals surface area contributed by atoms with Crippen LogP contribution in [0.4, 0.5) is 0 Å². The number of hydrogen-bond donors (Lipinski definition) is 0. The van der Waals surface area contributed by atoms with Gasteiger partial charge in [0.1, 0.15) is 0 Å². The van der Waals surface area contributed by atoms with Crippen LogP contribution < -0.4 is 0 Å². The van der Waals surface area contributed by atoms with Crippen molar-refractivity contribution >= 4 is 0 Å². The number of aryl methyl sites for hydroxylation is 1. The van der Waals surface area contributed by atoms with Crippen LogP contribution in [0.2, 0.25) is 0 Å². The molecule has 14 rings (SSSR count). The smallest absolute Gasteiger partial charge is 0.0263 e. The van der Waals surface area contributed by atoms with Gasteiger partial charge in [0.2, 0.25) is 0 Å². The molecule has 86 heavy (non-hydrogen) atoms. The third-order valence-corrected chi connectivity index (χ3v) is 15.8. The van der Waals surface area contributed by atoms with Gasteiger partial charge in [-0.25, -0.2) is 11.1 Å². The average Bonchev–Trinajstić information content (AvgIpc) is 2.45. The van der Waals surface area contributed by atoms with Gasteiger partial charge < -0.3 is 9.97 Å². The van der Waals surface area contributed by atoms with E-state index < -0.39 is 6.85 Å². The molecule has 2 aromatic heterocycles. The van der Waals surface area contributed by atoms with Gasteiger partial charge in [-0.05, 0) is 91.8 Å². The van der Waals surface area contributed by atoms with Crippen molar-refractivity contribution in [1.29, 1.82) is 0 Å². The molecule has 0 aliphatic heterocycles. The zero-order valence-electron chi connectivity index (χ0n) is 49.7. The standard InChI is InChI=1S/C83H54N2.Ir/c1-57-50-62(40-44-69(57)58-24-6-2-7-25-58)63-41-45-76(79(54-63)59-26-8-3-9-27-59)73-35-17-14-32-70(73)66-51-67(71-33-15-18-36-74(71)77-46-42-64(82-38-20-22-48-84-82)55-80(77)60-28-10-4-11-29-60)53-68(52-66)72-34-16-19-37-75(72)78-47-43-65(83-39-21-23-49-85-83)56-81(78)61-30-12-5-13-31-61;/h2-39,44-56H,1H3;/q-4;/i1D3;. The quantitative estimate of drug-likeness (QED) is 0.108. The number of nitrogens with zero attached hydrogens (tertiary/aromatic N) is 2. The van der Waals surface area contributed by atoms with Crippen LogP contribution in [0, 0.1) is 31.1 Å². The van der Waals surface area contributed by atoms with Crippen LogP contribution in [0.25, 0.3) is 145 Å². The fourth-order valence-electron chi connectivity index (χ4n) is 11.7. The first-order chi connectivity index (χ1) is 43.3. The zero-order chi connectivity index (χ0) is 59.4. The zero-order valence-corrected chi connectivity index (χ0v) is 49.1. The molecule has 0 amide bonds. The van der Waals surface area contributed by atoms with Crippen molar-refractivity contribution in [2.24, 2.45) is 0 Å². The van der Waals surface area contributed by atoms with Crippen LogP contribution in [0.1, 0.15) is 9.68 Å². The average molecular weight is 1270 g/mol. The summed E-state index contributed by atoms with van der Waals surface area (Å²) in [5.41, 5.74) is 25.4. The molecule has 2 nitrogen and oxygen atoms in total. The maximum atomic E-state index is 8.67. The number of rotatable bonds is 13. The number of aromatic nitrogens is 2. The van der Waals surface area contributed by atoms with Crippen molar-refractivity contribution in [1.82, 2.24) is 9.97 Å². The fraction of sp³-hybridized carbons (Fsp3) is 0.0120. The molecule has 0 N–H and O–H groups in total. The Morgan fingerprint density at radius 3 is 0.884 bits per heavy atom. The second-order valence-corrected chi connectivity index (χ2v) is 21.0. The van der Waals surface area contributed by atoms with E-state index in [-0.39, 0.29) is 25.7 Å². The second kappa shape index (κ2) is 24.8. The Labute approximate surface area is 522 Å². The summed E-state index contributed by atoms with van der Waals surface area (Å²) in [6, 6.07) is 117. The molecule has 0 atom stereocenters. The molecule has 3 heteroatoms. The molecule has 1 radical (unpaired) electrons. The van der Waals surface area contributed by atoms with Crippen molar-refractivity contribution in [2.75, 3.05) is 0 Å². The summed E-state index contributed by atoms with van der Waals surface area (Å²) >= 11 is 0. The minimum atomic E-state index is -2.37. The Bertz CT molecular complexity index is 4620. The van der Waals surface area contributed by atoms with Gasteiger partial charge in [0.25, 0.3) is 0 Å². The van der Waals surface area contributed by atoms with Crippen molar-refractivity contribution in [3.05, 3.63) is 339 Å². The van der Waals surface area contributed by atoms with E-state index in [1.54, 1.807) is 6.07 Å². The molecule has 12 aromatic carbocycles. The minimum absolute atomic E-state index is 0. The van der Waals surface area contributed by atoms with Gasteiger partial charge in [0.05, 0.1) is 0 Å². The third-order valence-electron chi connectivity index (χ3n) is 15.8. The minimum Gasteiger partial charge on any atom is -0.305 e. The molecule has 2 heterocycles. The molecule has 0 aliphatic carbocycles. The second-order valence-electron chi connectivity index (χ2n) is 21.0.